The topological polar surface area (TPSA) is 86.5 Å². The maximum Gasteiger partial charge on any atom is 0.311 e. The molecule has 7 heteroatoms. The lowest BCUT2D eigenvalue weighted by atomic mass is 9.98. The molecule has 0 unspecified atom stereocenters. The van der Waals surface area contributed by atoms with E-state index in [9.17, 15) is 10.1 Å². The molecule has 0 saturated heterocycles. The molecule has 0 fully saturated rings. The second kappa shape index (κ2) is 8.39. The molecule has 0 spiro atoms. The second-order valence-corrected chi connectivity index (χ2v) is 6.27. The van der Waals surface area contributed by atoms with Crippen LogP contribution in [0.25, 0.3) is 0 Å². The highest BCUT2D eigenvalue weighted by atomic mass is 16.6. The summed E-state index contributed by atoms with van der Waals surface area (Å²) >= 11 is 0. The molecule has 28 heavy (non-hydrogen) atoms. The zero-order chi connectivity index (χ0) is 20.1. The Morgan fingerprint density at radius 2 is 1.57 bits per heavy atom. The van der Waals surface area contributed by atoms with Crippen molar-refractivity contribution in [3.05, 3.63) is 87.6 Å². The predicted molar refractivity (Wildman–Crippen MR) is 107 cm³/mol. The number of nitrogens with zero attached hydrogens (tertiary/aromatic N) is 2. The number of benzene rings is 2. The Labute approximate surface area is 163 Å². The van der Waals surface area contributed by atoms with Gasteiger partial charge < -0.3 is 14.8 Å². The van der Waals surface area contributed by atoms with Crippen LogP contribution in [0.15, 0.2) is 60.8 Å². The van der Waals surface area contributed by atoms with E-state index >= 15 is 0 Å². The Bertz CT molecular complexity index is 943. The molecule has 3 rings (SSSR count). The number of ether oxygens (including phenoxy) is 2. The molecule has 0 aliphatic carbocycles. The van der Waals surface area contributed by atoms with Crippen molar-refractivity contribution in [3.8, 4) is 11.5 Å². The molecule has 1 aromatic heterocycles. The lowest BCUT2D eigenvalue weighted by Gasteiger charge is -2.21. The first kappa shape index (κ1) is 19.2. The van der Waals surface area contributed by atoms with E-state index in [0.717, 1.165) is 16.7 Å². The fourth-order valence-electron chi connectivity index (χ4n) is 2.94. The van der Waals surface area contributed by atoms with E-state index in [-0.39, 0.29) is 17.5 Å². The van der Waals surface area contributed by atoms with Crippen LogP contribution < -0.4 is 14.8 Å². The third-order valence-corrected chi connectivity index (χ3v) is 4.34. The molecule has 0 amide bonds. The van der Waals surface area contributed by atoms with Crippen LogP contribution in [0.4, 0.5) is 11.5 Å². The van der Waals surface area contributed by atoms with Gasteiger partial charge in [-0.1, -0.05) is 24.3 Å². The summed E-state index contributed by atoms with van der Waals surface area (Å²) in [4.78, 5) is 15.3. The van der Waals surface area contributed by atoms with E-state index < -0.39 is 4.92 Å². The minimum atomic E-state index is -0.434. The van der Waals surface area contributed by atoms with Gasteiger partial charge >= 0.3 is 5.69 Å². The van der Waals surface area contributed by atoms with Crippen LogP contribution in [0.5, 0.6) is 11.5 Å². The van der Waals surface area contributed by atoms with Crippen molar-refractivity contribution < 1.29 is 14.4 Å². The SMILES string of the molecule is COc1cccc(C(Nc2ncc(C)cc2[N+](=O)[O-])c2cccc(OC)c2)c1. The van der Waals surface area contributed by atoms with Crippen molar-refractivity contribution in [2.45, 2.75) is 13.0 Å². The summed E-state index contributed by atoms with van der Waals surface area (Å²) in [7, 11) is 3.19. The first-order chi connectivity index (χ1) is 13.5. The van der Waals surface area contributed by atoms with Gasteiger partial charge in [0.25, 0.3) is 0 Å². The second-order valence-electron chi connectivity index (χ2n) is 6.27. The molecule has 0 aliphatic heterocycles. The van der Waals surface area contributed by atoms with Gasteiger partial charge in [-0.15, -0.1) is 0 Å². The van der Waals surface area contributed by atoms with Crippen molar-refractivity contribution >= 4 is 11.5 Å². The van der Waals surface area contributed by atoms with Gasteiger partial charge in [-0.2, -0.15) is 0 Å². The minimum Gasteiger partial charge on any atom is -0.497 e. The number of anilines is 1. The Kier molecular flexibility index (Phi) is 5.74. The maximum absolute atomic E-state index is 11.5. The quantitative estimate of drug-likeness (QED) is 0.480. The average Bonchev–Trinajstić information content (AvgIpc) is 2.72. The third kappa shape index (κ3) is 4.20. The Morgan fingerprint density at radius 3 is 2.07 bits per heavy atom. The van der Waals surface area contributed by atoms with Crippen LogP contribution in [-0.2, 0) is 0 Å². The van der Waals surface area contributed by atoms with Crippen molar-refractivity contribution in [2.75, 3.05) is 19.5 Å². The van der Waals surface area contributed by atoms with Gasteiger partial charge in [0.2, 0.25) is 5.82 Å². The van der Waals surface area contributed by atoms with E-state index in [2.05, 4.69) is 10.3 Å². The standard InChI is InChI=1S/C21H21N3O4/c1-14-10-19(24(25)26)21(22-13-14)23-20(15-6-4-8-17(11-15)27-2)16-7-5-9-18(12-16)28-3/h4-13,20H,1-3H3,(H,22,23). The van der Waals surface area contributed by atoms with Gasteiger partial charge in [0, 0.05) is 12.3 Å². The molecule has 0 saturated carbocycles. The summed E-state index contributed by atoms with van der Waals surface area (Å²) in [5, 5.41) is 14.7. The fraction of sp³-hybridized carbons (Fsp3) is 0.190. The van der Waals surface area contributed by atoms with Crippen LogP contribution in [0, 0.1) is 17.0 Å². The number of rotatable bonds is 7. The molecule has 144 valence electrons. The summed E-state index contributed by atoms with van der Waals surface area (Å²) in [5.41, 5.74) is 2.40. The largest absolute Gasteiger partial charge is 0.497 e. The molecule has 7 nitrogen and oxygen atoms in total. The number of hydrogen-bond donors (Lipinski definition) is 1. The molecule has 1 heterocycles. The molecule has 3 aromatic rings. The van der Waals surface area contributed by atoms with Gasteiger partial charge in [-0.25, -0.2) is 4.98 Å². The number of nitrogens with one attached hydrogen (secondary N) is 1. The van der Waals surface area contributed by atoms with Gasteiger partial charge in [-0.3, -0.25) is 10.1 Å². The average molecular weight is 379 g/mol. The van der Waals surface area contributed by atoms with Crippen LogP contribution in [0.1, 0.15) is 22.7 Å². The first-order valence-electron chi connectivity index (χ1n) is 8.67. The summed E-state index contributed by atoms with van der Waals surface area (Å²) < 4.78 is 10.7. The van der Waals surface area contributed by atoms with Crippen molar-refractivity contribution in [1.29, 1.82) is 0 Å². The molecular weight excluding hydrogens is 358 g/mol. The number of aromatic nitrogens is 1. The first-order valence-corrected chi connectivity index (χ1v) is 8.67. The zero-order valence-corrected chi connectivity index (χ0v) is 15.9. The summed E-state index contributed by atoms with van der Waals surface area (Å²) in [6, 6.07) is 16.2. The van der Waals surface area contributed by atoms with Crippen LogP contribution in [-0.4, -0.2) is 24.1 Å². The number of aryl methyl sites for hydroxylation is 1. The van der Waals surface area contributed by atoms with Crippen LogP contribution >= 0.6 is 0 Å². The predicted octanol–water partition coefficient (Wildman–Crippen LogP) is 4.52. The Balaban J connectivity index is 2.10. The highest BCUT2D eigenvalue weighted by molar-refractivity contribution is 5.59. The van der Waals surface area contributed by atoms with Gasteiger partial charge in [0.15, 0.2) is 0 Å². The minimum absolute atomic E-state index is 0.0733. The molecule has 0 aliphatic rings. The van der Waals surface area contributed by atoms with Crippen LogP contribution in [0.3, 0.4) is 0 Å². The molecule has 0 atom stereocenters. The van der Waals surface area contributed by atoms with Crippen molar-refractivity contribution in [1.82, 2.24) is 4.98 Å². The Morgan fingerprint density at radius 1 is 1.00 bits per heavy atom. The molecule has 1 N–H and O–H groups in total. The Hall–Kier alpha value is -3.61. The fourth-order valence-corrected chi connectivity index (χ4v) is 2.94. The number of pyridine rings is 1. The van der Waals surface area contributed by atoms with Gasteiger partial charge in [0.05, 0.1) is 25.2 Å². The number of hydrogen-bond acceptors (Lipinski definition) is 6. The highest BCUT2D eigenvalue weighted by Gasteiger charge is 2.22. The summed E-state index contributed by atoms with van der Waals surface area (Å²) in [5.74, 6) is 1.59. The summed E-state index contributed by atoms with van der Waals surface area (Å²) in [6.45, 7) is 1.77. The van der Waals surface area contributed by atoms with E-state index in [1.54, 1.807) is 27.3 Å². The monoisotopic (exact) mass is 379 g/mol. The number of nitro groups is 1. The van der Waals surface area contributed by atoms with E-state index in [4.69, 9.17) is 9.47 Å². The molecular formula is C21H21N3O4. The third-order valence-electron chi connectivity index (χ3n) is 4.34. The van der Waals surface area contributed by atoms with Crippen molar-refractivity contribution in [2.24, 2.45) is 0 Å². The number of methoxy groups -OCH3 is 2. The lowest BCUT2D eigenvalue weighted by Crippen LogP contribution is -2.15. The van der Waals surface area contributed by atoms with E-state index in [1.165, 1.54) is 6.07 Å². The lowest BCUT2D eigenvalue weighted by molar-refractivity contribution is -0.384. The van der Waals surface area contributed by atoms with Crippen molar-refractivity contribution in [3.63, 3.8) is 0 Å². The smallest absolute Gasteiger partial charge is 0.311 e. The molecule has 0 bridgehead atoms. The molecule has 2 aromatic carbocycles. The molecule has 0 radical (unpaired) electrons. The zero-order valence-electron chi connectivity index (χ0n) is 15.9. The van der Waals surface area contributed by atoms with Crippen LogP contribution in [0.2, 0.25) is 0 Å². The maximum atomic E-state index is 11.5. The van der Waals surface area contributed by atoms with Gasteiger partial charge in [-0.05, 0) is 47.9 Å². The summed E-state index contributed by atoms with van der Waals surface area (Å²) in [6.07, 6.45) is 1.60. The highest BCUT2D eigenvalue weighted by Crippen LogP contribution is 2.33. The normalized spacial score (nSPS) is 10.6. The van der Waals surface area contributed by atoms with E-state index in [0.29, 0.717) is 11.5 Å². The van der Waals surface area contributed by atoms with E-state index in [1.807, 2.05) is 48.5 Å². The van der Waals surface area contributed by atoms with Gasteiger partial charge in [0.1, 0.15) is 11.5 Å².